The summed E-state index contributed by atoms with van der Waals surface area (Å²) in [6, 6.07) is 12.0. The van der Waals surface area contributed by atoms with Gasteiger partial charge in [-0.1, -0.05) is 31.5 Å². The molecule has 2 rings (SSSR count). The molecule has 0 saturated carbocycles. The van der Waals surface area contributed by atoms with Crippen molar-refractivity contribution in [1.82, 2.24) is 10.2 Å². The van der Waals surface area contributed by atoms with Crippen molar-refractivity contribution in [3.8, 4) is 5.75 Å². The number of carbonyl (C=O) groups is 2. The summed E-state index contributed by atoms with van der Waals surface area (Å²) in [5.41, 5.74) is 0.765. The molecule has 0 fully saturated rings. The number of nitrogens with zero attached hydrogens (tertiary/aromatic N) is 2. The number of unbranched alkanes of at least 4 members (excludes halogenated alkanes) is 1. The van der Waals surface area contributed by atoms with Crippen LogP contribution in [-0.4, -0.2) is 57.1 Å². The molecule has 10 heteroatoms. The van der Waals surface area contributed by atoms with Gasteiger partial charge in [0.05, 0.1) is 18.6 Å². The first kappa shape index (κ1) is 30.1. The van der Waals surface area contributed by atoms with E-state index in [1.807, 2.05) is 13.8 Å². The number of benzene rings is 2. The van der Waals surface area contributed by atoms with Gasteiger partial charge in [-0.05, 0) is 57.0 Å². The molecule has 204 valence electrons. The Bertz CT molecular complexity index is 1130. The van der Waals surface area contributed by atoms with E-state index in [-0.39, 0.29) is 37.7 Å². The lowest BCUT2D eigenvalue weighted by Crippen LogP contribution is -2.48. The van der Waals surface area contributed by atoms with Gasteiger partial charge in [0.1, 0.15) is 17.6 Å². The average molecular weight is 536 g/mol. The SMILES string of the molecule is CCCCNC(=O)[C@H](C)N(Cc1ccccc1F)C(=O)CCCN(c1ccc(OCC)cc1)S(C)(=O)=O. The van der Waals surface area contributed by atoms with Crippen molar-refractivity contribution in [1.29, 1.82) is 0 Å². The second-order valence-corrected chi connectivity index (χ2v) is 10.7. The number of hydrogen-bond donors (Lipinski definition) is 1. The van der Waals surface area contributed by atoms with Crippen LogP contribution in [0.15, 0.2) is 48.5 Å². The second kappa shape index (κ2) is 14.6. The first-order valence-corrected chi connectivity index (χ1v) is 14.4. The minimum absolute atomic E-state index is 0.00984. The summed E-state index contributed by atoms with van der Waals surface area (Å²) in [6.45, 7) is 6.48. The first-order chi connectivity index (χ1) is 17.6. The second-order valence-electron chi connectivity index (χ2n) is 8.80. The fourth-order valence-electron chi connectivity index (χ4n) is 3.81. The Morgan fingerprint density at radius 2 is 1.73 bits per heavy atom. The normalized spacial score (nSPS) is 12.0. The fraction of sp³-hybridized carbons (Fsp3) is 0.481. The summed E-state index contributed by atoms with van der Waals surface area (Å²) < 4.78 is 45.9. The molecule has 2 aromatic rings. The third kappa shape index (κ3) is 9.35. The molecule has 0 aliphatic rings. The number of anilines is 1. The van der Waals surface area contributed by atoms with E-state index in [0.29, 0.717) is 30.2 Å². The molecule has 0 unspecified atom stereocenters. The van der Waals surface area contributed by atoms with E-state index in [2.05, 4.69) is 5.32 Å². The van der Waals surface area contributed by atoms with Gasteiger partial charge in [-0.25, -0.2) is 12.8 Å². The largest absolute Gasteiger partial charge is 0.494 e. The highest BCUT2D eigenvalue weighted by Gasteiger charge is 2.27. The first-order valence-electron chi connectivity index (χ1n) is 12.6. The summed E-state index contributed by atoms with van der Waals surface area (Å²) in [4.78, 5) is 27.3. The number of amides is 2. The van der Waals surface area contributed by atoms with Crippen molar-refractivity contribution in [3.63, 3.8) is 0 Å². The summed E-state index contributed by atoms with van der Waals surface area (Å²) in [5, 5.41) is 2.82. The predicted molar refractivity (Wildman–Crippen MR) is 143 cm³/mol. The molecule has 8 nitrogen and oxygen atoms in total. The zero-order valence-electron chi connectivity index (χ0n) is 22.1. The average Bonchev–Trinajstić information content (AvgIpc) is 2.86. The van der Waals surface area contributed by atoms with Gasteiger partial charge in [0, 0.05) is 31.6 Å². The number of sulfonamides is 1. The number of halogens is 1. The molecular weight excluding hydrogens is 497 g/mol. The van der Waals surface area contributed by atoms with Gasteiger partial charge in [-0.2, -0.15) is 0 Å². The quantitative estimate of drug-likeness (QED) is 0.347. The fourth-order valence-corrected chi connectivity index (χ4v) is 4.77. The van der Waals surface area contributed by atoms with Gasteiger partial charge in [0.15, 0.2) is 0 Å². The Morgan fingerprint density at radius 1 is 1.05 bits per heavy atom. The minimum atomic E-state index is -3.60. The molecule has 0 saturated heterocycles. The van der Waals surface area contributed by atoms with Crippen molar-refractivity contribution in [3.05, 3.63) is 59.9 Å². The third-order valence-corrected chi connectivity index (χ3v) is 7.08. The van der Waals surface area contributed by atoms with Gasteiger partial charge in [-0.3, -0.25) is 13.9 Å². The summed E-state index contributed by atoms with van der Waals surface area (Å²) >= 11 is 0. The van der Waals surface area contributed by atoms with Crippen molar-refractivity contribution in [2.75, 3.05) is 30.3 Å². The third-order valence-electron chi connectivity index (χ3n) is 5.88. The smallest absolute Gasteiger partial charge is 0.242 e. The van der Waals surface area contributed by atoms with Crippen LogP contribution in [0.1, 0.15) is 52.0 Å². The topological polar surface area (TPSA) is 96.0 Å². The summed E-state index contributed by atoms with van der Waals surface area (Å²) in [5.74, 6) is -0.505. The molecular formula is C27H38FN3O5S. The Hall–Kier alpha value is -3.14. The summed E-state index contributed by atoms with van der Waals surface area (Å²) in [6.07, 6.45) is 3.05. The summed E-state index contributed by atoms with van der Waals surface area (Å²) in [7, 11) is -3.60. The van der Waals surface area contributed by atoms with Crippen LogP contribution in [0.3, 0.4) is 0 Å². The van der Waals surface area contributed by atoms with E-state index < -0.39 is 21.9 Å². The Labute approximate surface area is 219 Å². The maximum atomic E-state index is 14.4. The van der Waals surface area contributed by atoms with Gasteiger partial charge in [-0.15, -0.1) is 0 Å². The lowest BCUT2D eigenvalue weighted by atomic mass is 10.1. The van der Waals surface area contributed by atoms with Crippen molar-refractivity contribution < 1.29 is 27.1 Å². The van der Waals surface area contributed by atoms with Gasteiger partial charge in [0.25, 0.3) is 0 Å². The van der Waals surface area contributed by atoms with Crippen LogP contribution in [0.5, 0.6) is 5.75 Å². The van der Waals surface area contributed by atoms with E-state index in [9.17, 15) is 22.4 Å². The zero-order chi connectivity index (χ0) is 27.4. The Balaban J connectivity index is 2.14. The van der Waals surface area contributed by atoms with E-state index >= 15 is 0 Å². The molecule has 0 bridgehead atoms. The molecule has 0 aliphatic heterocycles. The number of carbonyl (C=O) groups excluding carboxylic acids is 2. The van der Waals surface area contributed by atoms with Crippen LogP contribution >= 0.6 is 0 Å². The van der Waals surface area contributed by atoms with Crippen molar-refractivity contribution in [2.45, 2.75) is 59.0 Å². The zero-order valence-corrected chi connectivity index (χ0v) is 22.9. The predicted octanol–water partition coefficient (Wildman–Crippen LogP) is 4.10. The maximum Gasteiger partial charge on any atom is 0.242 e. The van der Waals surface area contributed by atoms with Crippen LogP contribution in [0.25, 0.3) is 0 Å². The molecule has 0 aliphatic carbocycles. The number of nitrogens with one attached hydrogen (secondary N) is 1. The van der Waals surface area contributed by atoms with E-state index in [1.165, 1.54) is 15.3 Å². The lowest BCUT2D eigenvalue weighted by Gasteiger charge is -2.29. The Morgan fingerprint density at radius 3 is 2.32 bits per heavy atom. The van der Waals surface area contributed by atoms with E-state index in [4.69, 9.17) is 4.74 Å². The molecule has 0 heterocycles. The van der Waals surface area contributed by atoms with Crippen LogP contribution in [0.2, 0.25) is 0 Å². The van der Waals surface area contributed by atoms with Crippen molar-refractivity contribution >= 4 is 27.5 Å². The van der Waals surface area contributed by atoms with Gasteiger partial charge < -0.3 is 15.0 Å². The molecule has 1 N–H and O–H groups in total. The highest BCUT2D eigenvalue weighted by Crippen LogP contribution is 2.23. The monoisotopic (exact) mass is 535 g/mol. The highest BCUT2D eigenvalue weighted by molar-refractivity contribution is 7.92. The van der Waals surface area contributed by atoms with Crippen LogP contribution in [0.4, 0.5) is 10.1 Å². The molecule has 2 amide bonds. The number of hydrogen-bond acceptors (Lipinski definition) is 5. The standard InChI is InChI=1S/C27H38FN3O5S/c1-5-7-18-29-27(33)21(3)30(20-22-11-8-9-12-25(22)28)26(32)13-10-19-31(37(4,34)35)23-14-16-24(17-15-23)36-6-2/h8-9,11-12,14-17,21H,5-7,10,13,18-20H2,1-4H3,(H,29,33)/t21-/m0/s1. The van der Waals surface area contributed by atoms with Gasteiger partial charge >= 0.3 is 0 Å². The van der Waals surface area contributed by atoms with Crippen molar-refractivity contribution in [2.24, 2.45) is 0 Å². The van der Waals surface area contributed by atoms with Crippen LogP contribution < -0.4 is 14.4 Å². The minimum Gasteiger partial charge on any atom is -0.494 e. The molecule has 0 radical (unpaired) electrons. The molecule has 2 aromatic carbocycles. The van der Waals surface area contributed by atoms with E-state index in [0.717, 1.165) is 19.1 Å². The van der Waals surface area contributed by atoms with Crippen LogP contribution in [0, 0.1) is 5.82 Å². The Kier molecular flexibility index (Phi) is 11.8. The van der Waals surface area contributed by atoms with Crippen LogP contribution in [-0.2, 0) is 26.2 Å². The van der Waals surface area contributed by atoms with Gasteiger partial charge in [0.2, 0.25) is 21.8 Å². The lowest BCUT2D eigenvalue weighted by molar-refractivity contribution is -0.140. The maximum absolute atomic E-state index is 14.4. The highest BCUT2D eigenvalue weighted by atomic mass is 32.2. The number of rotatable bonds is 15. The molecule has 0 spiro atoms. The molecule has 1 atom stereocenters. The molecule has 0 aromatic heterocycles. The van der Waals surface area contributed by atoms with E-state index in [1.54, 1.807) is 49.4 Å². The number of ether oxygens (including phenoxy) is 1. The molecule has 37 heavy (non-hydrogen) atoms.